The monoisotopic (exact) mass is 293 g/mol. The highest BCUT2D eigenvalue weighted by Gasteiger charge is 1.99. The van der Waals surface area contributed by atoms with Crippen molar-refractivity contribution in [2.24, 2.45) is 0 Å². The van der Waals surface area contributed by atoms with E-state index in [9.17, 15) is 0 Å². The van der Waals surface area contributed by atoms with Crippen molar-refractivity contribution in [2.45, 2.75) is 6.61 Å². The largest absolute Gasteiger partial charge is 0.380 e. The molecule has 1 heterocycles. The van der Waals surface area contributed by atoms with Gasteiger partial charge in [0, 0.05) is 18.9 Å². The van der Waals surface area contributed by atoms with Crippen LogP contribution in [0.3, 0.4) is 0 Å². The van der Waals surface area contributed by atoms with Crippen LogP contribution in [0, 0.1) is 0 Å². The Bertz CT molecular complexity index is 505. The molecule has 2 aromatic rings. The lowest BCUT2D eigenvalue weighted by Crippen LogP contribution is -1.95. The average molecular weight is 294 g/mol. The predicted molar refractivity (Wildman–Crippen MR) is 70.2 cm³/mol. The van der Waals surface area contributed by atoms with Crippen LogP contribution in [0.25, 0.3) is 0 Å². The van der Waals surface area contributed by atoms with Gasteiger partial charge in [0.15, 0.2) is 0 Å². The molecule has 0 radical (unpaired) electrons. The summed E-state index contributed by atoms with van der Waals surface area (Å²) in [5, 5.41) is 3.21. The third-order valence-corrected chi connectivity index (χ3v) is 2.58. The molecule has 17 heavy (non-hydrogen) atoms. The molecule has 0 atom stereocenters. The van der Waals surface area contributed by atoms with Crippen molar-refractivity contribution >= 4 is 27.4 Å². The summed E-state index contributed by atoms with van der Waals surface area (Å²) in [6.45, 7) is 0.600. The van der Waals surface area contributed by atoms with E-state index >= 15 is 0 Å². The van der Waals surface area contributed by atoms with Crippen LogP contribution in [-0.4, -0.2) is 17.1 Å². The van der Waals surface area contributed by atoms with Crippen LogP contribution in [0.5, 0.6) is 0 Å². The van der Waals surface area contributed by atoms with Crippen molar-refractivity contribution in [1.29, 1.82) is 0 Å². The van der Waals surface area contributed by atoms with Crippen LogP contribution in [0.4, 0.5) is 11.5 Å². The second kappa shape index (κ2) is 5.75. The normalized spacial score (nSPS) is 10.2. The Hall–Kier alpha value is -1.46. The smallest absolute Gasteiger partial charge is 0.134 e. The Morgan fingerprint density at radius 3 is 2.94 bits per heavy atom. The zero-order chi connectivity index (χ0) is 12.1. The maximum Gasteiger partial charge on any atom is 0.134 e. The molecule has 0 amide bonds. The van der Waals surface area contributed by atoms with Crippen LogP contribution < -0.4 is 5.32 Å². The summed E-state index contributed by atoms with van der Waals surface area (Å²) in [5.41, 5.74) is 2.09. The molecule has 0 bridgehead atoms. The summed E-state index contributed by atoms with van der Waals surface area (Å²) >= 11 is 3.30. The third kappa shape index (κ3) is 3.51. The van der Waals surface area contributed by atoms with Gasteiger partial charge < -0.3 is 10.1 Å². The number of rotatable bonds is 4. The highest BCUT2D eigenvalue weighted by atomic mass is 79.9. The number of aromatic nitrogens is 2. The molecular weight excluding hydrogens is 282 g/mol. The number of nitrogens with zero attached hydrogens (tertiary/aromatic N) is 2. The molecule has 1 aromatic carbocycles. The molecule has 0 aliphatic carbocycles. The van der Waals surface area contributed by atoms with E-state index in [1.807, 2.05) is 30.3 Å². The van der Waals surface area contributed by atoms with E-state index in [1.54, 1.807) is 7.11 Å². The molecule has 0 saturated heterocycles. The average Bonchev–Trinajstić information content (AvgIpc) is 2.30. The van der Waals surface area contributed by atoms with Gasteiger partial charge in [0.2, 0.25) is 0 Å². The van der Waals surface area contributed by atoms with Crippen molar-refractivity contribution in [2.75, 3.05) is 12.4 Å². The topological polar surface area (TPSA) is 47.0 Å². The fourth-order valence-corrected chi connectivity index (χ4v) is 1.76. The first-order valence-electron chi connectivity index (χ1n) is 5.10. The molecule has 0 spiro atoms. The Labute approximate surface area is 108 Å². The van der Waals surface area contributed by atoms with E-state index in [0.29, 0.717) is 6.61 Å². The van der Waals surface area contributed by atoms with Crippen molar-refractivity contribution in [1.82, 2.24) is 9.97 Å². The number of methoxy groups -OCH3 is 1. The molecular formula is C12H12BrN3O. The Kier molecular flexibility index (Phi) is 4.06. The number of benzene rings is 1. The molecule has 2 rings (SSSR count). The molecule has 1 N–H and O–H groups in total. The van der Waals surface area contributed by atoms with Crippen LogP contribution in [0.2, 0.25) is 0 Å². The van der Waals surface area contributed by atoms with Gasteiger partial charge in [-0.15, -0.1) is 0 Å². The summed E-state index contributed by atoms with van der Waals surface area (Å²) in [5.74, 6) is 0.751. The van der Waals surface area contributed by atoms with Gasteiger partial charge in [0.05, 0.1) is 6.61 Å². The molecule has 0 fully saturated rings. The number of halogens is 1. The summed E-state index contributed by atoms with van der Waals surface area (Å²) in [4.78, 5) is 8.10. The second-order valence-corrected chi connectivity index (χ2v) is 4.30. The minimum absolute atomic E-state index is 0.600. The highest BCUT2D eigenvalue weighted by Crippen LogP contribution is 2.18. The van der Waals surface area contributed by atoms with Crippen molar-refractivity contribution < 1.29 is 4.74 Å². The molecule has 0 aliphatic heterocycles. The first kappa shape index (κ1) is 12.0. The lowest BCUT2D eigenvalue weighted by Gasteiger charge is -2.07. The van der Waals surface area contributed by atoms with E-state index in [2.05, 4.69) is 31.2 Å². The number of hydrogen-bond donors (Lipinski definition) is 1. The zero-order valence-corrected chi connectivity index (χ0v) is 10.9. The lowest BCUT2D eigenvalue weighted by molar-refractivity contribution is 0.185. The molecule has 0 saturated carbocycles. The maximum atomic E-state index is 5.09. The molecule has 5 heteroatoms. The summed E-state index contributed by atoms with van der Waals surface area (Å²) < 4.78 is 5.84. The number of nitrogens with one attached hydrogen (secondary N) is 1. The standard InChI is InChI=1S/C12H12BrN3O/c1-17-7-9-3-2-4-10(5-9)16-12-6-11(13)14-8-15-12/h2-6,8H,7H2,1H3,(H,14,15,16). The van der Waals surface area contributed by atoms with Crippen LogP contribution in [-0.2, 0) is 11.3 Å². The number of ether oxygens (including phenoxy) is 1. The van der Waals surface area contributed by atoms with Gasteiger partial charge in [-0.3, -0.25) is 0 Å². The zero-order valence-electron chi connectivity index (χ0n) is 9.35. The molecule has 88 valence electrons. The van der Waals surface area contributed by atoms with Gasteiger partial charge in [-0.1, -0.05) is 12.1 Å². The van der Waals surface area contributed by atoms with Gasteiger partial charge >= 0.3 is 0 Å². The van der Waals surface area contributed by atoms with E-state index in [1.165, 1.54) is 6.33 Å². The van der Waals surface area contributed by atoms with E-state index in [4.69, 9.17) is 4.74 Å². The van der Waals surface area contributed by atoms with Gasteiger partial charge in [-0.05, 0) is 33.6 Å². The SMILES string of the molecule is COCc1cccc(Nc2cc(Br)ncn2)c1. The number of hydrogen-bond acceptors (Lipinski definition) is 4. The fraction of sp³-hybridized carbons (Fsp3) is 0.167. The predicted octanol–water partition coefficient (Wildman–Crippen LogP) is 3.13. The molecule has 0 aliphatic rings. The fourth-order valence-electron chi connectivity index (χ4n) is 1.46. The minimum atomic E-state index is 0.600. The van der Waals surface area contributed by atoms with Crippen molar-refractivity contribution in [3.05, 3.63) is 46.8 Å². The second-order valence-electron chi connectivity index (χ2n) is 3.48. The van der Waals surface area contributed by atoms with Gasteiger partial charge in [-0.25, -0.2) is 9.97 Å². The lowest BCUT2D eigenvalue weighted by atomic mass is 10.2. The van der Waals surface area contributed by atoms with Gasteiger partial charge in [0.25, 0.3) is 0 Å². The van der Waals surface area contributed by atoms with Gasteiger partial charge in [0.1, 0.15) is 16.7 Å². The first-order chi connectivity index (χ1) is 8.28. The first-order valence-corrected chi connectivity index (χ1v) is 5.89. The van der Waals surface area contributed by atoms with Crippen molar-refractivity contribution in [3.63, 3.8) is 0 Å². The Morgan fingerprint density at radius 2 is 2.18 bits per heavy atom. The maximum absolute atomic E-state index is 5.09. The van der Waals surface area contributed by atoms with Crippen molar-refractivity contribution in [3.8, 4) is 0 Å². The van der Waals surface area contributed by atoms with E-state index in [-0.39, 0.29) is 0 Å². The third-order valence-electron chi connectivity index (χ3n) is 2.14. The Balaban J connectivity index is 2.15. The van der Waals surface area contributed by atoms with Gasteiger partial charge in [-0.2, -0.15) is 0 Å². The molecule has 0 unspecified atom stereocenters. The quantitative estimate of drug-likeness (QED) is 0.880. The number of anilines is 2. The Morgan fingerprint density at radius 1 is 1.29 bits per heavy atom. The van der Waals surface area contributed by atoms with E-state index in [0.717, 1.165) is 21.7 Å². The summed E-state index contributed by atoms with van der Waals surface area (Å²) in [6.07, 6.45) is 1.51. The summed E-state index contributed by atoms with van der Waals surface area (Å²) in [7, 11) is 1.68. The molecule has 4 nitrogen and oxygen atoms in total. The van der Waals surface area contributed by atoms with Crippen LogP contribution in [0.1, 0.15) is 5.56 Å². The van der Waals surface area contributed by atoms with E-state index < -0.39 is 0 Å². The summed E-state index contributed by atoms with van der Waals surface area (Å²) in [6, 6.07) is 9.83. The minimum Gasteiger partial charge on any atom is -0.380 e. The molecule has 1 aromatic heterocycles. The van der Waals surface area contributed by atoms with Crippen LogP contribution in [0.15, 0.2) is 41.3 Å². The highest BCUT2D eigenvalue weighted by molar-refractivity contribution is 9.10. The van der Waals surface area contributed by atoms with Crippen LogP contribution >= 0.6 is 15.9 Å².